The highest BCUT2D eigenvalue weighted by atomic mass is 15.1. The van der Waals surface area contributed by atoms with Crippen molar-refractivity contribution in [1.82, 2.24) is 4.90 Å². The molecular weight excluding hydrogens is 266 g/mol. The second-order valence-electron chi connectivity index (χ2n) is 4.96. The highest BCUT2D eigenvalue weighted by Gasteiger charge is 2.09. The van der Waals surface area contributed by atoms with E-state index >= 15 is 0 Å². The lowest BCUT2D eigenvalue weighted by atomic mass is 10.2. The van der Waals surface area contributed by atoms with Gasteiger partial charge in [-0.2, -0.15) is 0 Å². The normalized spacial score (nSPS) is 14.2. The summed E-state index contributed by atoms with van der Waals surface area (Å²) in [5, 5.41) is 0. The highest BCUT2D eigenvalue weighted by Crippen LogP contribution is 2.19. The van der Waals surface area contributed by atoms with E-state index in [9.17, 15) is 0 Å². The van der Waals surface area contributed by atoms with Crippen LogP contribution >= 0.6 is 0 Å². The Morgan fingerprint density at radius 2 is 1.64 bits per heavy atom. The summed E-state index contributed by atoms with van der Waals surface area (Å²) >= 11 is 0. The lowest BCUT2D eigenvalue weighted by molar-refractivity contribution is 0.432. The lowest BCUT2D eigenvalue weighted by Gasteiger charge is -2.28. The molecule has 0 amide bonds. The molecule has 0 aromatic rings. The molecule has 0 aromatic carbocycles. The minimum absolute atomic E-state index is 0.999. The molecule has 0 aliphatic heterocycles. The molecular formula is C21H33N. The average Bonchev–Trinajstić information content (AvgIpc) is 2.54. The van der Waals surface area contributed by atoms with Gasteiger partial charge in [0.25, 0.3) is 0 Å². The van der Waals surface area contributed by atoms with Crippen molar-refractivity contribution in [2.75, 3.05) is 6.54 Å². The predicted molar refractivity (Wildman–Crippen MR) is 102 cm³/mol. The molecule has 0 N–H and O–H groups in total. The summed E-state index contributed by atoms with van der Waals surface area (Å²) in [7, 11) is 0. The van der Waals surface area contributed by atoms with Gasteiger partial charge in [0.2, 0.25) is 0 Å². The van der Waals surface area contributed by atoms with Crippen LogP contribution in [0.4, 0.5) is 0 Å². The van der Waals surface area contributed by atoms with Crippen LogP contribution in [0.5, 0.6) is 0 Å². The topological polar surface area (TPSA) is 3.24 Å². The maximum absolute atomic E-state index is 2.42. The van der Waals surface area contributed by atoms with Crippen LogP contribution in [0.2, 0.25) is 0 Å². The SMILES string of the molecule is C/C=C\C=C/CCN(C(/C=C\CC)=C/C)/C(=C/C=C\C)CC. The number of nitrogens with zero attached hydrogens (tertiary/aromatic N) is 1. The van der Waals surface area contributed by atoms with Gasteiger partial charge in [-0.1, -0.05) is 62.5 Å². The molecule has 0 heterocycles. The molecule has 0 saturated heterocycles. The smallest absolute Gasteiger partial charge is 0.0361 e. The first-order valence-corrected chi connectivity index (χ1v) is 8.45. The second kappa shape index (κ2) is 14.2. The third-order valence-corrected chi connectivity index (χ3v) is 3.28. The third kappa shape index (κ3) is 8.51. The molecule has 0 spiro atoms. The first-order valence-electron chi connectivity index (χ1n) is 8.45. The highest BCUT2D eigenvalue weighted by molar-refractivity contribution is 5.25. The molecule has 0 aliphatic carbocycles. The van der Waals surface area contributed by atoms with Crippen molar-refractivity contribution < 1.29 is 0 Å². The Bertz CT molecular complexity index is 445. The van der Waals surface area contributed by atoms with E-state index in [0.29, 0.717) is 0 Å². The lowest BCUT2D eigenvalue weighted by Crippen LogP contribution is -2.22. The average molecular weight is 300 g/mol. The fourth-order valence-electron chi connectivity index (χ4n) is 2.11. The monoisotopic (exact) mass is 299 g/mol. The van der Waals surface area contributed by atoms with Crippen molar-refractivity contribution in [2.45, 2.75) is 53.9 Å². The Morgan fingerprint density at radius 1 is 0.909 bits per heavy atom. The van der Waals surface area contributed by atoms with Crippen LogP contribution in [-0.2, 0) is 0 Å². The molecule has 0 fully saturated rings. The molecule has 0 rings (SSSR count). The van der Waals surface area contributed by atoms with Crippen molar-refractivity contribution in [3.63, 3.8) is 0 Å². The fourth-order valence-corrected chi connectivity index (χ4v) is 2.11. The Balaban J connectivity index is 5.23. The van der Waals surface area contributed by atoms with Gasteiger partial charge in [-0.15, -0.1) is 0 Å². The standard InChI is InChI=1S/C21H33N/c1-6-11-14-15-16-19-22(20(9-4)17-12-7-2)21(10-5)18-13-8-3/h6-7,10-15,17-18H,8-9,16,19H2,1-5H3/b11-6-,12-7-,15-14-,18-13-,20-17+,21-10+. The van der Waals surface area contributed by atoms with E-state index in [1.54, 1.807) is 0 Å². The van der Waals surface area contributed by atoms with Crippen molar-refractivity contribution in [2.24, 2.45) is 0 Å². The zero-order valence-electron chi connectivity index (χ0n) is 15.0. The van der Waals surface area contributed by atoms with E-state index in [1.165, 1.54) is 11.4 Å². The molecule has 0 aliphatic rings. The van der Waals surface area contributed by atoms with Crippen molar-refractivity contribution in [1.29, 1.82) is 0 Å². The molecule has 22 heavy (non-hydrogen) atoms. The largest absolute Gasteiger partial charge is 0.345 e. The first kappa shape index (κ1) is 20.2. The van der Waals surface area contributed by atoms with Gasteiger partial charge in [-0.25, -0.2) is 0 Å². The van der Waals surface area contributed by atoms with Crippen LogP contribution < -0.4 is 0 Å². The summed E-state index contributed by atoms with van der Waals surface area (Å²) in [6.45, 7) is 11.6. The summed E-state index contributed by atoms with van der Waals surface area (Å²) in [5.41, 5.74) is 2.63. The van der Waals surface area contributed by atoms with Crippen molar-refractivity contribution in [3.8, 4) is 0 Å². The summed E-state index contributed by atoms with van der Waals surface area (Å²) < 4.78 is 0. The van der Waals surface area contributed by atoms with Gasteiger partial charge in [-0.3, -0.25) is 0 Å². The summed E-state index contributed by atoms with van der Waals surface area (Å²) in [4.78, 5) is 2.42. The van der Waals surface area contributed by atoms with E-state index in [4.69, 9.17) is 0 Å². The molecule has 122 valence electrons. The molecule has 0 saturated carbocycles. The van der Waals surface area contributed by atoms with Gasteiger partial charge in [0, 0.05) is 17.9 Å². The second-order valence-corrected chi connectivity index (χ2v) is 4.96. The summed E-state index contributed by atoms with van der Waals surface area (Å²) in [6.07, 6.45) is 24.7. The van der Waals surface area contributed by atoms with Gasteiger partial charge in [0.1, 0.15) is 0 Å². The fraction of sp³-hybridized carbons (Fsp3) is 0.429. The molecule has 1 heteroatoms. The summed E-state index contributed by atoms with van der Waals surface area (Å²) in [5.74, 6) is 0. The van der Waals surface area contributed by atoms with E-state index in [-0.39, 0.29) is 0 Å². The van der Waals surface area contributed by atoms with Crippen molar-refractivity contribution >= 4 is 0 Å². The van der Waals surface area contributed by atoms with Crippen LogP contribution in [-0.4, -0.2) is 11.4 Å². The van der Waals surface area contributed by atoms with Crippen LogP contribution in [0.15, 0.2) is 72.2 Å². The van der Waals surface area contributed by atoms with E-state index < -0.39 is 0 Å². The van der Waals surface area contributed by atoms with E-state index in [1.807, 2.05) is 6.92 Å². The van der Waals surface area contributed by atoms with Crippen LogP contribution in [0, 0.1) is 0 Å². The zero-order chi connectivity index (χ0) is 16.6. The van der Waals surface area contributed by atoms with Crippen molar-refractivity contribution in [3.05, 3.63) is 72.2 Å². The van der Waals surface area contributed by atoms with Crippen LogP contribution in [0.25, 0.3) is 0 Å². The minimum atomic E-state index is 0.999. The van der Waals surface area contributed by atoms with Crippen LogP contribution in [0.1, 0.15) is 53.9 Å². The Morgan fingerprint density at radius 3 is 2.18 bits per heavy atom. The maximum Gasteiger partial charge on any atom is 0.0361 e. The first-order chi connectivity index (χ1) is 10.7. The third-order valence-electron chi connectivity index (χ3n) is 3.28. The van der Waals surface area contributed by atoms with Gasteiger partial charge in [0.15, 0.2) is 0 Å². The number of hydrogen-bond donors (Lipinski definition) is 0. The van der Waals surface area contributed by atoms with Gasteiger partial charge in [-0.05, 0) is 52.2 Å². The predicted octanol–water partition coefficient (Wildman–Crippen LogP) is 6.55. The molecule has 0 unspecified atom stereocenters. The molecule has 0 radical (unpaired) electrons. The van der Waals surface area contributed by atoms with Gasteiger partial charge < -0.3 is 4.90 Å². The Labute approximate surface area is 138 Å². The van der Waals surface area contributed by atoms with Gasteiger partial charge in [0.05, 0.1) is 0 Å². The molecule has 1 nitrogen and oxygen atoms in total. The number of allylic oxidation sites excluding steroid dienone is 10. The molecule has 0 atom stereocenters. The number of rotatable bonds is 10. The zero-order valence-corrected chi connectivity index (χ0v) is 15.0. The van der Waals surface area contributed by atoms with E-state index in [2.05, 4.69) is 93.4 Å². The van der Waals surface area contributed by atoms with Gasteiger partial charge >= 0.3 is 0 Å². The molecule has 0 bridgehead atoms. The Kier molecular flexibility index (Phi) is 13.1. The quantitative estimate of drug-likeness (QED) is 0.413. The Hall–Kier alpha value is -1.76. The molecule has 0 aromatic heterocycles. The summed E-state index contributed by atoms with van der Waals surface area (Å²) in [6, 6.07) is 0. The van der Waals surface area contributed by atoms with E-state index in [0.717, 1.165) is 25.8 Å². The maximum atomic E-state index is 2.42. The van der Waals surface area contributed by atoms with Crippen LogP contribution in [0.3, 0.4) is 0 Å². The number of hydrogen-bond acceptors (Lipinski definition) is 1. The minimum Gasteiger partial charge on any atom is -0.345 e.